The monoisotopic (exact) mass is 353 g/mol. The van der Waals surface area contributed by atoms with Crippen LogP contribution in [-0.2, 0) is 4.74 Å². The van der Waals surface area contributed by atoms with Crippen molar-refractivity contribution in [3.8, 4) is 17.0 Å². The predicted octanol–water partition coefficient (Wildman–Crippen LogP) is 4.28. The van der Waals surface area contributed by atoms with Crippen molar-refractivity contribution in [3.05, 3.63) is 65.5 Å². The lowest BCUT2D eigenvalue weighted by atomic mass is 10.2. The van der Waals surface area contributed by atoms with E-state index in [1.165, 1.54) is 11.3 Å². The van der Waals surface area contributed by atoms with Crippen LogP contribution in [0.3, 0.4) is 0 Å². The number of hydrazone groups is 1. The van der Waals surface area contributed by atoms with E-state index in [1.54, 1.807) is 13.3 Å². The number of methoxy groups -OCH3 is 1. The standard InChI is InChI=1S/C19H19N3O2S/c1-23-10-11-24-17-9-5-6-15(12-17)13-20-22-19-21-18(14-25-19)16-7-3-2-4-8-16/h2-9,12-14H,10-11H2,1H3,(H,21,22). The Balaban J connectivity index is 1.58. The summed E-state index contributed by atoms with van der Waals surface area (Å²) in [5.74, 6) is 0.793. The summed E-state index contributed by atoms with van der Waals surface area (Å²) in [4.78, 5) is 4.53. The van der Waals surface area contributed by atoms with Gasteiger partial charge in [0.2, 0.25) is 5.13 Å². The second-order valence-corrected chi connectivity index (χ2v) is 6.05. The number of anilines is 1. The summed E-state index contributed by atoms with van der Waals surface area (Å²) in [5, 5.41) is 7.01. The topological polar surface area (TPSA) is 55.7 Å². The molecule has 0 spiro atoms. The van der Waals surface area contributed by atoms with Crippen molar-refractivity contribution in [3.63, 3.8) is 0 Å². The highest BCUT2D eigenvalue weighted by atomic mass is 32.1. The second-order valence-electron chi connectivity index (χ2n) is 5.19. The van der Waals surface area contributed by atoms with E-state index < -0.39 is 0 Å². The van der Waals surface area contributed by atoms with Crippen LogP contribution in [0, 0.1) is 0 Å². The van der Waals surface area contributed by atoms with Gasteiger partial charge in [-0.2, -0.15) is 5.10 Å². The molecule has 5 nitrogen and oxygen atoms in total. The number of nitrogens with one attached hydrogen (secondary N) is 1. The highest BCUT2D eigenvalue weighted by Crippen LogP contribution is 2.24. The highest BCUT2D eigenvalue weighted by Gasteiger charge is 2.02. The van der Waals surface area contributed by atoms with Gasteiger partial charge < -0.3 is 9.47 Å². The van der Waals surface area contributed by atoms with Crippen molar-refractivity contribution in [2.75, 3.05) is 25.7 Å². The summed E-state index contributed by atoms with van der Waals surface area (Å²) in [6.45, 7) is 1.09. The molecule has 0 fully saturated rings. The minimum atomic E-state index is 0.525. The molecule has 0 aliphatic carbocycles. The van der Waals surface area contributed by atoms with Crippen molar-refractivity contribution in [2.24, 2.45) is 5.10 Å². The summed E-state index contributed by atoms with van der Waals surface area (Å²) in [5.41, 5.74) is 5.95. The molecule has 0 bridgehead atoms. The molecule has 1 heterocycles. The molecule has 6 heteroatoms. The molecule has 0 aliphatic heterocycles. The predicted molar refractivity (Wildman–Crippen MR) is 103 cm³/mol. The Bertz CT molecular complexity index is 818. The highest BCUT2D eigenvalue weighted by molar-refractivity contribution is 7.14. The third-order valence-electron chi connectivity index (χ3n) is 3.36. The molecule has 0 atom stereocenters. The van der Waals surface area contributed by atoms with Crippen LogP contribution in [-0.4, -0.2) is 31.5 Å². The lowest BCUT2D eigenvalue weighted by molar-refractivity contribution is 0.146. The fraction of sp³-hybridized carbons (Fsp3) is 0.158. The Morgan fingerprint density at radius 3 is 2.84 bits per heavy atom. The molecule has 0 saturated carbocycles. The summed E-state index contributed by atoms with van der Waals surface area (Å²) >= 11 is 1.52. The number of rotatable bonds is 8. The first-order valence-corrected chi connectivity index (χ1v) is 8.75. The smallest absolute Gasteiger partial charge is 0.203 e. The number of benzene rings is 2. The lowest BCUT2D eigenvalue weighted by Crippen LogP contribution is -2.04. The van der Waals surface area contributed by atoms with Gasteiger partial charge in [0.1, 0.15) is 12.4 Å². The van der Waals surface area contributed by atoms with Gasteiger partial charge in [0.05, 0.1) is 18.5 Å². The first-order valence-electron chi connectivity index (χ1n) is 7.87. The number of aromatic nitrogens is 1. The number of hydrogen-bond acceptors (Lipinski definition) is 6. The van der Waals surface area contributed by atoms with Crippen LogP contribution in [0.4, 0.5) is 5.13 Å². The zero-order chi connectivity index (χ0) is 17.3. The van der Waals surface area contributed by atoms with E-state index in [2.05, 4.69) is 15.5 Å². The lowest BCUT2D eigenvalue weighted by Gasteiger charge is -2.05. The van der Waals surface area contributed by atoms with Crippen molar-refractivity contribution in [1.29, 1.82) is 0 Å². The number of ether oxygens (including phenoxy) is 2. The van der Waals surface area contributed by atoms with Crippen molar-refractivity contribution in [1.82, 2.24) is 4.98 Å². The van der Waals surface area contributed by atoms with E-state index in [0.717, 1.165) is 27.7 Å². The maximum atomic E-state index is 5.59. The molecule has 3 aromatic rings. The van der Waals surface area contributed by atoms with E-state index in [4.69, 9.17) is 9.47 Å². The molecular formula is C19H19N3O2S. The minimum absolute atomic E-state index is 0.525. The van der Waals surface area contributed by atoms with Gasteiger partial charge >= 0.3 is 0 Å². The van der Waals surface area contributed by atoms with E-state index in [9.17, 15) is 0 Å². The Morgan fingerprint density at radius 1 is 1.12 bits per heavy atom. The Labute approximate surface area is 151 Å². The van der Waals surface area contributed by atoms with Gasteiger partial charge in [0.25, 0.3) is 0 Å². The molecule has 0 aliphatic rings. The Morgan fingerprint density at radius 2 is 2.00 bits per heavy atom. The zero-order valence-electron chi connectivity index (χ0n) is 13.9. The van der Waals surface area contributed by atoms with Crippen LogP contribution in [0.15, 0.2) is 65.1 Å². The largest absolute Gasteiger partial charge is 0.491 e. The molecule has 25 heavy (non-hydrogen) atoms. The molecule has 1 aromatic heterocycles. The average molecular weight is 353 g/mol. The van der Waals surface area contributed by atoms with Crippen LogP contribution in [0.25, 0.3) is 11.3 Å². The third-order valence-corrected chi connectivity index (χ3v) is 4.11. The van der Waals surface area contributed by atoms with Gasteiger partial charge in [0, 0.05) is 18.1 Å². The van der Waals surface area contributed by atoms with Gasteiger partial charge in [-0.25, -0.2) is 4.98 Å². The number of hydrogen-bond donors (Lipinski definition) is 1. The van der Waals surface area contributed by atoms with Crippen LogP contribution in [0.5, 0.6) is 5.75 Å². The first-order chi connectivity index (χ1) is 12.3. The molecule has 2 aromatic carbocycles. The molecule has 3 rings (SSSR count). The summed E-state index contributed by atoms with van der Waals surface area (Å²) in [6, 6.07) is 17.8. The average Bonchev–Trinajstić information content (AvgIpc) is 3.12. The Hall–Kier alpha value is -2.70. The second kappa shape index (κ2) is 8.96. The first kappa shape index (κ1) is 17.1. The minimum Gasteiger partial charge on any atom is -0.491 e. The molecular weight excluding hydrogens is 334 g/mol. The molecule has 0 unspecified atom stereocenters. The van der Waals surface area contributed by atoms with E-state index >= 15 is 0 Å². The van der Waals surface area contributed by atoms with Crippen LogP contribution in [0.1, 0.15) is 5.56 Å². The third kappa shape index (κ3) is 5.14. The van der Waals surface area contributed by atoms with E-state index in [-0.39, 0.29) is 0 Å². The van der Waals surface area contributed by atoms with Crippen LogP contribution >= 0.6 is 11.3 Å². The summed E-state index contributed by atoms with van der Waals surface area (Å²) < 4.78 is 10.6. The van der Waals surface area contributed by atoms with E-state index in [0.29, 0.717) is 13.2 Å². The molecule has 0 saturated heterocycles. The van der Waals surface area contributed by atoms with Crippen LogP contribution < -0.4 is 10.2 Å². The number of thiazole rings is 1. The summed E-state index contributed by atoms with van der Waals surface area (Å²) in [7, 11) is 1.65. The van der Waals surface area contributed by atoms with Gasteiger partial charge in [-0.1, -0.05) is 42.5 Å². The summed E-state index contributed by atoms with van der Waals surface area (Å²) in [6.07, 6.45) is 1.74. The molecule has 128 valence electrons. The molecule has 1 N–H and O–H groups in total. The van der Waals surface area contributed by atoms with Gasteiger partial charge in [-0.05, 0) is 17.7 Å². The van der Waals surface area contributed by atoms with Crippen molar-refractivity contribution >= 4 is 22.7 Å². The normalized spacial score (nSPS) is 10.9. The van der Waals surface area contributed by atoms with Gasteiger partial charge in [0.15, 0.2) is 0 Å². The van der Waals surface area contributed by atoms with E-state index in [1.807, 2.05) is 60.0 Å². The zero-order valence-corrected chi connectivity index (χ0v) is 14.7. The van der Waals surface area contributed by atoms with Crippen LogP contribution in [0.2, 0.25) is 0 Å². The Kier molecular flexibility index (Phi) is 6.14. The fourth-order valence-electron chi connectivity index (χ4n) is 2.16. The SMILES string of the molecule is COCCOc1cccc(C=NNc2nc(-c3ccccc3)cs2)c1. The van der Waals surface area contributed by atoms with Gasteiger partial charge in [-0.3, -0.25) is 5.43 Å². The van der Waals surface area contributed by atoms with Crippen molar-refractivity contribution < 1.29 is 9.47 Å². The molecule has 0 radical (unpaired) electrons. The fourth-order valence-corrected chi connectivity index (χ4v) is 2.82. The molecule has 0 amide bonds. The quantitative estimate of drug-likeness (QED) is 0.373. The van der Waals surface area contributed by atoms with Gasteiger partial charge in [-0.15, -0.1) is 11.3 Å². The maximum absolute atomic E-state index is 5.59. The maximum Gasteiger partial charge on any atom is 0.203 e. The van der Waals surface area contributed by atoms with Crippen molar-refractivity contribution in [2.45, 2.75) is 0 Å². The number of nitrogens with zero attached hydrogens (tertiary/aromatic N) is 2.